The molecule has 0 saturated carbocycles. The number of carbonyl (C=O) groups excluding carboxylic acids is 1. The summed E-state index contributed by atoms with van der Waals surface area (Å²) in [6.45, 7) is 0.264. The molecule has 0 unspecified atom stereocenters. The zero-order chi connectivity index (χ0) is 12.1. The van der Waals surface area contributed by atoms with Crippen LogP contribution in [-0.2, 0) is 6.61 Å². The smallest absolute Gasteiger partial charge is 0.165 e. The van der Waals surface area contributed by atoms with E-state index in [2.05, 4.69) is 4.98 Å². The van der Waals surface area contributed by atoms with E-state index in [-0.39, 0.29) is 12.4 Å². The second kappa shape index (κ2) is 5.21. The Labute approximate surface area is 97.9 Å². The second-order valence-corrected chi connectivity index (χ2v) is 3.45. The summed E-state index contributed by atoms with van der Waals surface area (Å²) in [5.74, 6) is -0.406. The Morgan fingerprint density at radius 2 is 2.00 bits per heavy atom. The number of pyridine rings is 1. The molecule has 0 amide bonds. The summed E-state index contributed by atoms with van der Waals surface area (Å²) in [7, 11) is 0. The lowest BCUT2D eigenvalue weighted by atomic mass is 10.2. The van der Waals surface area contributed by atoms with Crippen LogP contribution in [0.25, 0.3) is 0 Å². The minimum Gasteiger partial charge on any atom is -0.486 e. The van der Waals surface area contributed by atoms with Gasteiger partial charge >= 0.3 is 0 Å². The Hall–Kier alpha value is -2.23. The number of nitrogens with zero attached hydrogens (tertiary/aromatic N) is 1. The van der Waals surface area contributed by atoms with Crippen molar-refractivity contribution in [3.05, 3.63) is 59.7 Å². The molecule has 0 aliphatic rings. The van der Waals surface area contributed by atoms with Crippen LogP contribution >= 0.6 is 0 Å². The van der Waals surface area contributed by atoms with Crippen molar-refractivity contribution in [3.8, 4) is 5.75 Å². The molecule has 2 rings (SSSR count). The maximum atomic E-state index is 13.4. The molecule has 2 aromatic rings. The minimum absolute atomic E-state index is 0.132. The predicted molar refractivity (Wildman–Crippen MR) is 60.4 cm³/mol. The van der Waals surface area contributed by atoms with Gasteiger partial charge in [-0.05, 0) is 35.9 Å². The molecule has 0 atom stereocenters. The normalized spacial score (nSPS) is 9.94. The molecule has 1 aromatic heterocycles. The van der Waals surface area contributed by atoms with Gasteiger partial charge in [-0.1, -0.05) is 0 Å². The van der Waals surface area contributed by atoms with Crippen molar-refractivity contribution >= 4 is 6.29 Å². The average Bonchev–Trinajstić information content (AvgIpc) is 2.38. The molecule has 0 saturated heterocycles. The van der Waals surface area contributed by atoms with E-state index in [9.17, 15) is 9.18 Å². The lowest BCUT2D eigenvalue weighted by Gasteiger charge is -2.07. The number of aldehydes is 1. The molecule has 0 N–H and O–H groups in total. The van der Waals surface area contributed by atoms with E-state index in [1.165, 1.54) is 12.1 Å². The molecule has 0 bridgehead atoms. The van der Waals surface area contributed by atoms with Crippen LogP contribution in [0.1, 0.15) is 15.9 Å². The minimum atomic E-state index is -0.538. The van der Waals surface area contributed by atoms with Gasteiger partial charge in [0.05, 0.1) is 0 Å². The third-order valence-electron chi connectivity index (χ3n) is 2.24. The lowest BCUT2D eigenvalue weighted by molar-refractivity contribution is 0.112. The van der Waals surface area contributed by atoms with E-state index in [4.69, 9.17) is 4.74 Å². The Morgan fingerprint density at radius 1 is 1.24 bits per heavy atom. The maximum Gasteiger partial charge on any atom is 0.165 e. The van der Waals surface area contributed by atoms with Crippen LogP contribution in [0.5, 0.6) is 5.75 Å². The quantitative estimate of drug-likeness (QED) is 0.759. The van der Waals surface area contributed by atoms with E-state index >= 15 is 0 Å². The highest BCUT2D eigenvalue weighted by molar-refractivity contribution is 5.74. The van der Waals surface area contributed by atoms with Crippen molar-refractivity contribution in [2.24, 2.45) is 0 Å². The van der Waals surface area contributed by atoms with E-state index in [1.807, 2.05) is 0 Å². The first-order chi connectivity index (χ1) is 8.29. The summed E-state index contributed by atoms with van der Waals surface area (Å²) in [5.41, 5.74) is 1.19. The summed E-state index contributed by atoms with van der Waals surface area (Å²) in [6, 6.07) is 7.68. The number of carbonyl (C=O) groups is 1. The number of aromatic nitrogens is 1. The van der Waals surface area contributed by atoms with Crippen molar-refractivity contribution in [2.45, 2.75) is 6.61 Å². The summed E-state index contributed by atoms with van der Waals surface area (Å²) >= 11 is 0. The largest absolute Gasteiger partial charge is 0.486 e. The highest BCUT2D eigenvalue weighted by Crippen LogP contribution is 2.18. The molecule has 17 heavy (non-hydrogen) atoms. The number of hydrogen-bond donors (Lipinski definition) is 0. The topological polar surface area (TPSA) is 39.2 Å². The van der Waals surface area contributed by atoms with Gasteiger partial charge in [-0.3, -0.25) is 9.78 Å². The van der Waals surface area contributed by atoms with Gasteiger partial charge < -0.3 is 4.74 Å². The predicted octanol–water partition coefficient (Wildman–Crippen LogP) is 2.61. The first-order valence-corrected chi connectivity index (χ1v) is 5.06. The highest BCUT2D eigenvalue weighted by atomic mass is 19.1. The van der Waals surface area contributed by atoms with Crippen LogP contribution in [0.4, 0.5) is 4.39 Å². The molecule has 0 fully saturated rings. The highest BCUT2D eigenvalue weighted by Gasteiger charge is 2.04. The fourth-order valence-corrected chi connectivity index (χ4v) is 1.35. The van der Waals surface area contributed by atoms with Gasteiger partial charge in [0.1, 0.15) is 12.9 Å². The summed E-state index contributed by atoms with van der Waals surface area (Å²) in [5, 5.41) is 0. The SMILES string of the molecule is O=Cc1ccc(OCc2ccncc2)c(F)c1. The summed E-state index contributed by atoms with van der Waals surface area (Å²) in [6.07, 6.45) is 3.88. The summed E-state index contributed by atoms with van der Waals surface area (Å²) in [4.78, 5) is 14.3. The van der Waals surface area contributed by atoms with Gasteiger partial charge in [0.15, 0.2) is 11.6 Å². The van der Waals surface area contributed by atoms with Crippen LogP contribution in [0.15, 0.2) is 42.7 Å². The van der Waals surface area contributed by atoms with Crippen LogP contribution in [0.2, 0.25) is 0 Å². The molecule has 86 valence electrons. The third kappa shape index (κ3) is 2.87. The van der Waals surface area contributed by atoms with Gasteiger partial charge in [-0.15, -0.1) is 0 Å². The van der Waals surface area contributed by atoms with Crippen LogP contribution in [-0.4, -0.2) is 11.3 Å². The van der Waals surface area contributed by atoms with Crippen molar-refractivity contribution in [1.82, 2.24) is 4.98 Å². The van der Waals surface area contributed by atoms with Gasteiger partial charge in [0, 0.05) is 18.0 Å². The number of hydrogen-bond acceptors (Lipinski definition) is 3. The second-order valence-electron chi connectivity index (χ2n) is 3.45. The Bertz CT molecular complexity index is 514. The van der Waals surface area contributed by atoms with Crippen molar-refractivity contribution in [3.63, 3.8) is 0 Å². The zero-order valence-electron chi connectivity index (χ0n) is 8.97. The van der Waals surface area contributed by atoms with Gasteiger partial charge in [-0.2, -0.15) is 0 Å². The molecular weight excluding hydrogens is 221 g/mol. The van der Waals surface area contributed by atoms with Gasteiger partial charge in [0.25, 0.3) is 0 Å². The molecule has 0 spiro atoms. The molecule has 0 aliphatic carbocycles. The number of benzene rings is 1. The number of rotatable bonds is 4. The fraction of sp³-hybridized carbons (Fsp3) is 0.0769. The maximum absolute atomic E-state index is 13.4. The summed E-state index contributed by atoms with van der Waals surface area (Å²) < 4.78 is 18.7. The monoisotopic (exact) mass is 231 g/mol. The molecule has 0 radical (unpaired) electrons. The first-order valence-electron chi connectivity index (χ1n) is 5.06. The lowest BCUT2D eigenvalue weighted by Crippen LogP contribution is -1.98. The Morgan fingerprint density at radius 3 is 2.65 bits per heavy atom. The molecular formula is C13H10FNO2. The van der Waals surface area contributed by atoms with E-state index in [0.717, 1.165) is 11.6 Å². The van der Waals surface area contributed by atoms with E-state index in [1.54, 1.807) is 24.5 Å². The molecule has 3 nitrogen and oxygen atoms in total. The molecule has 4 heteroatoms. The molecule has 0 aliphatic heterocycles. The van der Waals surface area contributed by atoms with Crippen LogP contribution in [0, 0.1) is 5.82 Å². The standard InChI is InChI=1S/C13H10FNO2/c14-12-7-11(8-16)1-2-13(12)17-9-10-3-5-15-6-4-10/h1-8H,9H2. The number of ether oxygens (including phenoxy) is 1. The third-order valence-corrected chi connectivity index (χ3v) is 2.24. The fourth-order valence-electron chi connectivity index (χ4n) is 1.35. The Balaban J connectivity index is 2.07. The average molecular weight is 231 g/mol. The van der Waals surface area contributed by atoms with Crippen molar-refractivity contribution in [2.75, 3.05) is 0 Å². The van der Waals surface area contributed by atoms with Crippen molar-refractivity contribution < 1.29 is 13.9 Å². The van der Waals surface area contributed by atoms with Crippen molar-refractivity contribution in [1.29, 1.82) is 0 Å². The number of halogens is 1. The van der Waals surface area contributed by atoms with E-state index in [0.29, 0.717) is 11.8 Å². The zero-order valence-corrected chi connectivity index (χ0v) is 8.97. The van der Waals surface area contributed by atoms with Crippen LogP contribution < -0.4 is 4.74 Å². The molecule has 1 aromatic carbocycles. The molecule has 1 heterocycles. The van der Waals surface area contributed by atoms with Crippen LogP contribution in [0.3, 0.4) is 0 Å². The first kappa shape index (κ1) is 11.3. The van der Waals surface area contributed by atoms with Gasteiger partial charge in [0.2, 0.25) is 0 Å². The Kier molecular flexibility index (Phi) is 3.45. The van der Waals surface area contributed by atoms with Gasteiger partial charge in [-0.25, -0.2) is 4.39 Å². The van der Waals surface area contributed by atoms with E-state index < -0.39 is 5.82 Å².